The van der Waals surface area contributed by atoms with E-state index in [0.29, 0.717) is 6.54 Å². The van der Waals surface area contributed by atoms with E-state index in [0.717, 1.165) is 43.8 Å². The first-order valence-electron chi connectivity index (χ1n) is 5.91. The maximum absolute atomic E-state index is 11.0. The maximum Gasteiger partial charge on any atom is 0.209 e. The molecule has 18 heavy (non-hydrogen) atoms. The van der Waals surface area contributed by atoms with Crippen LogP contribution in [0.4, 0.5) is 5.69 Å². The summed E-state index contributed by atoms with van der Waals surface area (Å²) < 4.78 is 29.7. The van der Waals surface area contributed by atoms with Crippen LogP contribution in [0.25, 0.3) is 0 Å². The van der Waals surface area contributed by atoms with Crippen molar-refractivity contribution in [1.82, 2.24) is 4.72 Å². The molecule has 1 N–H and O–H groups in total. The second-order valence-electron chi connectivity index (χ2n) is 4.36. The normalized spacial score (nSPS) is 16.8. The number of hydrogen-bond donors (Lipinski definition) is 1. The molecule has 0 unspecified atom stereocenters. The van der Waals surface area contributed by atoms with Crippen molar-refractivity contribution in [3.63, 3.8) is 0 Å². The maximum atomic E-state index is 11.0. The number of nitrogens with one attached hydrogen (secondary N) is 1. The molecule has 1 aromatic rings. The van der Waals surface area contributed by atoms with Crippen molar-refractivity contribution in [3.05, 3.63) is 29.8 Å². The number of morpholine rings is 1. The van der Waals surface area contributed by atoms with Crippen LogP contribution in [0.1, 0.15) is 5.56 Å². The Hall–Kier alpha value is -1.11. The Labute approximate surface area is 108 Å². The summed E-state index contributed by atoms with van der Waals surface area (Å²) in [6, 6.07) is 7.93. The van der Waals surface area contributed by atoms with Crippen LogP contribution in [-0.2, 0) is 21.3 Å². The van der Waals surface area contributed by atoms with Crippen LogP contribution in [0.2, 0.25) is 0 Å². The highest BCUT2D eigenvalue weighted by molar-refractivity contribution is 7.88. The van der Waals surface area contributed by atoms with Crippen LogP contribution < -0.4 is 9.62 Å². The third-order valence-corrected chi connectivity index (χ3v) is 3.52. The van der Waals surface area contributed by atoms with Crippen molar-refractivity contribution >= 4 is 15.7 Å². The molecule has 1 heterocycles. The van der Waals surface area contributed by atoms with Gasteiger partial charge in [0.2, 0.25) is 10.0 Å². The van der Waals surface area contributed by atoms with Gasteiger partial charge in [-0.3, -0.25) is 0 Å². The van der Waals surface area contributed by atoms with Crippen LogP contribution in [0.5, 0.6) is 0 Å². The van der Waals surface area contributed by atoms with Gasteiger partial charge in [0.15, 0.2) is 0 Å². The number of sulfonamides is 1. The lowest BCUT2D eigenvalue weighted by molar-refractivity contribution is 0.122. The van der Waals surface area contributed by atoms with Crippen molar-refractivity contribution < 1.29 is 13.2 Å². The van der Waals surface area contributed by atoms with Gasteiger partial charge in [-0.1, -0.05) is 12.1 Å². The molecule has 0 spiro atoms. The van der Waals surface area contributed by atoms with Gasteiger partial charge in [-0.15, -0.1) is 0 Å². The van der Waals surface area contributed by atoms with E-state index in [2.05, 4.69) is 9.62 Å². The molecule has 100 valence electrons. The average Bonchev–Trinajstić information content (AvgIpc) is 2.37. The van der Waals surface area contributed by atoms with Crippen LogP contribution in [0, 0.1) is 0 Å². The SMILES string of the molecule is CS(=O)(=O)NCc1ccc(N2CCOCC2)cc1. The van der Waals surface area contributed by atoms with E-state index in [1.165, 1.54) is 0 Å². The predicted molar refractivity (Wildman–Crippen MR) is 71.2 cm³/mol. The summed E-state index contributed by atoms with van der Waals surface area (Å²) in [5.74, 6) is 0. The summed E-state index contributed by atoms with van der Waals surface area (Å²) in [5.41, 5.74) is 2.11. The van der Waals surface area contributed by atoms with Gasteiger partial charge in [0.05, 0.1) is 19.5 Å². The Kier molecular flexibility index (Phi) is 4.21. The minimum absolute atomic E-state index is 0.336. The molecule has 0 aliphatic carbocycles. The molecule has 0 aromatic heterocycles. The fourth-order valence-electron chi connectivity index (χ4n) is 1.86. The van der Waals surface area contributed by atoms with Gasteiger partial charge in [0.25, 0.3) is 0 Å². The highest BCUT2D eigenvalue weighted by Gasteiger charge is 2.10. The summed E-state index contributed by atoms with van der Waals surface area (Å²) in [6.45, 7) is 3.67. The third kappa shape index (κ3) is 3.97. The van der Waals surface area contributed by atoms with E-state index in [-0.39, 0.29) is 0 Å². The van der Waals surface area contributed by atoms with Gasteiger partial charge in [-0.25, -0.2) is 13.1 Å². The topological polar surface area (TPSA) is 58.6 Å². The molecule has 0 bridgehead atoms. The fraction of sp³-hybridized carbons (Fsp3) is 0.500. The summed E-state index contributed by atoms with van der Waals surface area (Å²) in [7, 11) is -3.13. The molecular weight excluding hydrogens is 252 g/mol. The largest absolute Gasteiger partial charge is 0.378 e. The van der Waals surface area contributed by atoms with Crippen LogP contribution in [-0.4, -0.2) is 41.0 Å². The first-order valence-corrected chi connectivity index (χ1v) is 7.80. The number of hydrogen-bond acceptors (Lipinski definition) is 4. The molecule has 1 aromatic carbocycles. The van der Waals surface area contributed by atoms with Crippen molar-refractivity contribution in [1.29, 1.82) is 0 Å². The second-order valence-corrected chi connectivity index (χ2v) is 6.19. The molecule has 5 nitrogen and oxygen atoms in total. The Morgan fingerprint density at radius 1 is 1.22 bits per heavy atom. The smallest absolute Gasteiger partial charge is 0.209 e. The Bertz CT molecular complexity index is 479. The Balaban J connectivity index is 1.96. The van der Waals surface area contributed by atoms with Crippen LogP contribution in [0.3, 0.4) is 0 Å². The zero-order chi connectivity index (χ0) is 13.0. The molecule has 0 radical (unpaired) electrons. The van der Waals surface area contributed by atoms with E-state index in [1.54, 1.807) is 0 Å². The van der Waals surface area contributed by atoms with Crippen molar-refractivity contribution in [2.75, 3.05) is 37.5 Å². The van der Waals surface area contributed by atoms with E-state index in [1.807, 2.05) is 24.3 Å². The third-order valence-electron chi connectivity index (χ3n) is 2.85. The highest BCUT2D eigenvalue weighted by atomic mass is 32.2. The molecule has 1 fully saturated rings. The molecule has 2 rings (SSSR count). The lowest BCUT2D eigenvalue weighted by Crippen LogP contribution is -2.36. The minimum Gasteiger partial charge on any atom is -0.378 e. The van der Waals surface area contributed by atoms with Gasteiger partial charge in [0, 0.05) is 25.3 Å². The lowest BCUT2D eigenvalue weighted by Gasteiger charge is -2.28. The van der Waals surface area contributed by atoms with Crippen LogP contribution >= 0.6 is 0 Å². The van der Waals surface area contributed by atoms with Crippen LogP contribution in [0.15, 0.2) is 24.3 Å². The number of anilines is 1. The van der Waals surface area contributed by atoms with E-state index in [4.69, 9.17) is 4.74 Å². The molecule has 1 aliphatic rings. The van der Waals surface area contributed by atoms with Crippen molar-refractivity contribution in [2.24, 2.45) is 0 Å². The van der Waals surface area contributed by atoms with Gasteiger partial charge in [-0.2, -0.15) is 0 Å². The molecule has 0 amide bonds. The van der Waals surface area contributed by atoms with Gasteiger partial charge < -0.3 is 9.64 Å². The summed E-state index contributed by atoms with van der Waals surface area (Å²) in [4.78, 5) is 2.26. The van der Waals surface area contributed by atoms with Gasteiger partial charge >= 0.3 is 0 Å². The lowest BCUT2D eigenvalue weighted by atomic mass is 10.2. The number of rotatable bonds is 4. The van der Waals surface area contributed by atoms with Gasteiger partial charge in [-0.05, 0) is 17.7 Å². The minimum atomic E-state index is -3.13. The highest BCUT2D eigenvalue weighted by Crippen LogP contribution is 2.16. The van der Waals surface area contributed by atoms with Gasteiger partial charge in [0.1, 0.15) is 0 Å². The second kappa shape index (κ2) is 5.69. The first-order chi connectivity index (χ1) is 8.54. The number of ether oxygens (including phenoxy) is 1. The Morgan fingerprint density at radius 3 is 2.39 bits per heavy atom. The zero-order valence-electron chi connectivity index (χ0n) is 10.4. The number of benzene rings is 1. The molecule has 1 saturated heterocycles. The fourth-order valence-corrected chi connectivity index (χ4v) is 2.29. The Morgan fingerprint density at radius 2 is 1.83 bits per heavy atom. The quantitative estimate of drug-likeness (QED) is 0.869. The predicted octanol–water partition coefficient (Wildman–Crippen LogP) is 0.572. The monoisotopic (exact) mass is 270 g/mol. The summed E-state index contributed by atoms with van der Waals surface area (Å²) in [5, 5.41) is 0. The van der Waals surface area contributed by atoms with E-state index < -0.39 is 10.0 Å². The first kappa shape index (κ1) is 13.3. The van der Waals surface area contributed by atoms with E-state index in [9.17, 15) is 8.42 Å². The summed E-state index contributed by atoms with van der Waals surface area (Å²) in [6.07, 6.45) is 1.16. The van der Waals surface area contributed by atoms with E-state index >= 15 is 0 Å². The molecular formula is C12H18N2O3S. The summed E-state index contributed by atoms with van der Waals surface area (Å²) >= 11 is 0. The standard InChI is InChI=1S/C12H18N2O3S/c1-18(15,16)13-10-11-2-4-12(5-3-11)14-6-8-17-9-7-14/h2-5,13H,6-10H2,1H3. The zero-order valence-corrected chi connectivity index (χ0v) is 11.2. The molecule has 0 saturated carbocycles. The number of nitrogens with zero attached hydrogens (tertiary/aromatic N) is 1. The van der Waals surface area contributed by atoms with Crippen molar-refractivity contribution in [3.8, 4) is 0 Å². The molecule has 0 atom stereocenters. The average molecular weight is 270 g/mol. The van der Waals surface area contributed by atoms with Crippen molar-refractivity contribution in [2.45, 2.75) is 6.54 Å². The molecule has 6 heteroatoms. The molecule has 1 aliphatic heterocycles.